The molecule has 2 aromatic heterocycles. The van der Waals surface area contributed by atoms with Gasteiger partial charge in [-0.1, -0.05) is 11.6 Å². The summed E-state index contributed by atoms with van der Waals surface area (Å²) in [4.78, 5) is 15.2. The Kier molecular flexibility index (Phi) is 4.11. The summed E-state index contributed by atoms with van der Waals surface area (Å²) < 4.78 is 7.23. The number of aldehydes is 1. The van der Waals surface area contributed by atoms with Gasteiger partial charge in [0.05, 0.1) is 12.2 Å². The summed E-state index contributed by atoms with van der Waals surface area (Å²) in [5.74, 6) is 0.536. The van der Waals surface area contributed by atoms with Gasteiger partial charge in [0.1, 0.15) is 10.8 Å². The lowest BCUT2D eigenvalue weighted by Gasteiger charge is -2.01. The van der Waals surface area contributed by atoms with E-state index in [1.165, 1.54) is 11.8 Å². The summed E-state index contributed by atoms with van der Waals surface area (Å²) in [5, 5.41) is 4.45. The highest BCUT2D eigenvalue weighted by Crippen LogP contribution is 2.22. The Labute approximate surface area is 117 Å². The van der Waals surface area contributed by atoms with Gasteiger partial charge in [-0.3, -0.25) is 4.79 Å². The van der Waals surface area contributed by atoms with E-state index in [0.29, 0.717) is 23.4 Å². The summed E-state index contributed by atoms with van der Waals surface area (Å²) in [7, 11) is 1.53. The lowest BCUT2D eigenvalue weighted by molar-refractivity contribution is 0.111. The van der Waals surface area contributed by atoms with E-state index >= 15 is 0 Å². The van der Waals surface area contributed by atoms with Crippen molar-refractivity contribution in [3.05, 3.63) is 39.2 Å². The highest BCUT2D eigenvalue weighted by molar-refractivity contribution is 9.10. The van der Waals surface area contributed by atoms with Crippen LogP contribution >= 0.6 is 27.5 Å². The third-order valence-corrected chi connectivity index (χ3v) is 3.10. The number of methoxy groups -OCH3 is 1. The summed E-state index contributed by atoms with van der Waals surface area (Å²) in [6, 6.07) is 3.56. The molecule has 2 heterocycles. The van der Waals surface area contributed by atoms with E-state index in [4.69, 9.17) is 16.3 Å². The fourth-order valence-electron chi connectivity index (χ4n) is 1.46. The van der Waals surface area contributed by atoms with Crippen molar-refractivity contribution in [2.24, 2.45) is 0 Å². The second-order valence-corrected chi connectivity index (χ2v) is 4.72. The molecule has 0 aliphatic heterocycles. The zero-order valence-corrected chi connectivity index (χ0v) is 11.8. The third-order valence-electron chi connectivity index (χ3n) is 2.27. The number of aromatic nitrogens is 3. The number of nitrogens with zero attached hydrogens (tertiary/aromatic N) is 3. The minimum Gasteiger partial charge on any atom is -0.378 e. The summed E-state index contributed by atoms with van der Waals surface area (Å²) in [5.41, 5.74) is 0.811. The van der Waals surface area contributed by atoms with Gasteiger partial charge in [-0.25, -0.2) is 9.67 Å². The van der Waals surface area contributed by atoms with Gasteiger partial charge in [-0.05, 0) is 28.1 Å². The second kappa shape index (κ2) is 5.60. The minimum atomic E-state index is 0.220. The third kappa shape index (κ3) is 2.45. The van der Waals surface area contributed by atoms with Crippen LogP contribution in [0.3, 0.4) is 0 Å². The highest BCUT2D eigenvalue weighted by atomic mass is 79.9. The molecule has 0 N–H and O–H groups in total. The van der Waals surface area contributed by atoms with Crippen LogP contribution in [-0.4, -0.2) is 28.2 Å². The molecule has 0 aromatic carbocycles. The van der Waals surface area contributed by atoms with Gasteiger partial charge in [0.25, 0.3) is 0 Å². The predicted octanol–water partition coefficient (Wildman–Crippen LogP) is 2.64. The van der Waals surface area contributed by atoms with Crippen molar-refractivity contribution in [2.75, 3.05) is 7.11 Å². The van der Waals surface area contributed by atoms with E-state index in [1.54, 1.807) is 12.3 Å². The number of hydrogen-bond acceptors (Lipinski definition) is 4. The summed E-state index contributed by atoms with van der Waals surface area (Å²) >= 11 is 9.40. The van der Waals surface area contributed by atoms with Crippen LogP contribution in [0, 0.1) is 0 Å². The lowest BCUT2D eigenvalue weighted by atomic mass is 10.3. The molecule has 0 saturated heterocycles. The quantitative estimate of drug-likeness (QED) is 0.809. The van der Waals surface area contributed by atoms with Gasteiger partial charge in [-0.15, -0.1) is 0 Å². The molecule has 2 rings (SSSR count). The largest absolute Gasteiger partial charge is 0.378 e. The average Bonchev–Trinajstić information content (AvgIpc) is 2.67. The van der Waals surface area contributed by atoms with Crippen molar-refractivity contribution in [1.29, 1.82) is 0 Å². The molecule has 0 aliphatic carbocycles. The number of rotatable bonds is 4. The Morgan fingerprint density at radius 3 is 2.89 bits per heavy atom. The Morgan fingerprint density at radius 1 is 1.56 bits per heavy atom. The van der Waals surface area contributed by atoms with Gasteiger partial charge < -0.3 is 4.74 Å². The number of pyridine rings is 1. The molecule has 0 atom stereocenters. The van der Waals surface area contributed by atoms with E-state index in [-0.39, 0.29) is 11.8 Å². The standard InChI is InChI=1S/C11H9BrClN3O2/c1-18-6-9-8(5-17)11(13)16(15-9)10-3-2-7(12)4-14-10/h2-5H,6H2,1H3. The Balaban J connectivity index is 2.51. The van der Waals surface area contributed by atoms with Gasteiger partial charge in [0.15, 0.2) is 12.1 Å². The average molecular weight is 331 g/mol. The number of carbonyl (C=O) groups is 1. The zero-order chi connectivity index (χ0) is 13.1. The van der Waals surface area contributed by atoms with Crippen LogP contribution in [0.15, 0.2) is 22.8 Å². The van der Waals surface area contributed by atoms with Crippen molar-refractivity contribution in [3.8, 4) is 5.82 Å². The molecule has 0 radical (unpaired) electrons. The van der Waals surface area contributed by atoms with Crippen molar-refractivity contribution < 1.29 is 9.53 Å². The van der Waals surface area contributed by atoms with Crippen molar-refractivity contribution in [3.63, 3.8) is 0 Å². The topological polar surface area (TPSA) is 57.0 Å². The number of carbonyl (C=O) groups excluding carboxylic acids is 1. The van der Waals surface area contributed by atoms with Crippen LogP contribution in [0.4, 0.5) is 0 Å². The summed E-state index contributed by atoms with van der Waals surface area (Å²) in [6.07, 6.45) is 2.29. The molecule has 0 bridgehead atoms. The van der Waals surface area contributed by atoms with E-state index in [1.807, 2.05) is 6.07 Å². The van der Waals surface area contributed by atoms with Gasteiger partial charge in [0.2, 0.25) is 0 Å². The molecule has 18 heavy (non-hydrogen) atoms. The molecule has 2 aromatic rings. The van der Waals surface area contributed by atoms with E-state index in [2.05, 4.69) is 26.0 Å². The first kappa shape index (κ1) is 13.2. The van der Waals surface area contributed by atoms with Gasteiger partial charge >= 0.3 is 0 Å². The molecule has 5 nitrogen and oxygen atoms in total. The first-order valence-electron chi connectivity index (χ1n) is 5.00. The number of halogens is 2. The van der Waals surface area contributed by atoms with Crippen LogP contribution in [0.2, 0.25) is 5.15 Å². The fraction of sp³-hybridized carbons (Fsp3) is 0.182. The maximum Gasteiger partial charge on any atom is 0.155 e. The van der Waals surface area contributed by atoms with Crippen LogP contribution in [0.1, 0.15) is 16.1 Å². The Morgan fingerprint density at radius 2 is 2.33 bits per heavy atom. The maximum absolute atomic E-state index is 11.0. The fourth-order valence-corrected chi connectivity index (χ4v) is 1.97. The van der Waals surface area contributed by atoms with Crippen LogP contribution in [-0.2, 0) is 11.3 Å². The second-order valence-electron chi connectivity index (χ2n) is 3.45. The summed E-state index contributed by atoms with van der Waals surface area (Å²) in [6.45, 7) is 0.220. The molecule has 0 saturated carbocycles. The molecular weight excluding hydrogens is 321 g/mol. The van der Waals surface area contributed by atoms with Crippen LogP contribution in [0.25, 0.3) is 5.82 Å². The highest BCUT2D eigenvalue weighted by Gasteiger charge is 2.17. The number of hydrogen-bond donors (Lipinski definition) is 0. The monoisotopic (exact) mass is 329 g/mol. The van der Waals surface area contributed by atoms with Gasteiger partial charge in [-0.2, -0.15) is 5.10 Å². The molecule has 0 fully saturated rings. The lowest BCUT2D eigenvalue weighted by Crippen LogP contribution is -2.00. The first-order chi connectivity index (χ1) is 8.67. The smallest absolute Gasteiger partial charge is 0.155 e. The molecule has 0 amide bonds. The first-order valence-corrected chi connectivity index (χ1v) is 6.18. The van der Waals surface area contributed by atoms with Crippen LogP contribution in [0.5, 0.6) is 0 Å². The molecule has 94 valence electrons. The molecule has 7 heteroatoms. The van der Waals surface area contributed by atoms with Gasteiger partial charge in [0, 0.05) is 17.8 Å². The van der Waals surface area contributed by atoms with E-state index in [9.17, 15) is 4.79 Å². The maximum atomic E-state index is 11.0. The van der Waals surface area contributed by atoms with E-state index < -0.39 is 0 Å². The molecule has 0 aliphatic rings. The van der Waals surface area contributed by atoms with Crippen molar-refractivity contribution >= 4 is 33.8 Å². The Hall–Kier alpha value is -1.24. The van der Waals surface area contributed by atoms with Crippen molar-refractivity contribution in [2.45, 2.75) is 6.61 Å². The SMILES string of the molecule is COCc1nn(-c2ccc(Br)cn2)c(Cl)c1C=O. The Bertz CT molecular complexity index is 568. The van der Waals surface area contributed by atoms with Crippen molar-refractivity contribution in [1.82, 2.24) is 14.8 Å². The molecule has 0 unspecified atom stereocenters. The molecular formula is C11H9BrClN3O2. The normalized spacial score (nSPS) is 10.6. The number of ether oxygens (including phenoxy) is 1. The predicted molar refractivity (Wildman–Crippen MR) is 70.2 cm³/mol. The zero-order valence-electron chi connectivity index (χ0n) is 9.43. The molecule has 0 spiro atoms. The minimum absolute atomic E-state index is 0.220. The van der Waals surface area contributed by atoms with E-state index in [0.717, 1.165) is 4.47 Å². The van der Waals surface area contributed by atoms with Crippen LogP contribution < -0.4 is 0 Å².